The van der Waals surface area contributed by atoms with Gasteiger partial charge in [0.1, 0.15) is 0 Å². The van der Waals surface area contributed by atoms with E-state index in [9.17, 15) is 8.42 Å². The van der Waals surface area contributed by atoms with Gasteiger partial charge >= 0.3 is 0 Å². The molecule has 0 amide bonds. The molecule has 1 aromatic rings. The van der Waals surface area contributed by atoms with Gasteiger partial charge in [-0.25, -0.2) is 8.42 Å². The van der Waals surface area contributed by atoms with E-state index in [2.05, 4.69) is 21.2 Å². The van der Waals surface area contributed by atoms with Crippen molar-refractivity contribution in [3.8, 4) is 0 Å². The van der Waals surface area contributed by atoms with Crippen LogP contribution in [0.3, 0.4) is 0 Å². The minimum Gasteiger partial charge on any atom is -0.309 e. The highest BCUT2D eigenvalue weighted by Gasteiger charge is 2.36. The largest absolute Gasteiger partial charge is 0.309 e. The molecular formula is C13H18BrNO2S. The van der Waals surface area contributed by atoms with Gasteiger partial charge in [-0.05, 0) is 44.5 Å². The molecule has 0 saturated carbocycles. The fourth-order valence-corrected chi connectivity index (χ4v) is 4.46. The van der Waals surface area contributed by atoms with E-state index in [0.29, 0.717) is 6.42 Å². The van der Waals surface area contributed by atoms with E-state index in [1.165, 1.54) is 0 Å². The fraction of sp³-hybridized carbons (Fsp3) is 0.538. The third kappa shape index (κ3) is 2.63. The summed E-state index contributed by atoms with van der Waals surface area (Å²) in [5, 5.41) is 2.70. The summed E-state index contributed by atoms with van der Waals surface area (Å²) in [6.07, 6.45) is 0.680. The second-order valence-corrected chi connectivity index (χ2v) is 8.52. The topological polar surface area (TPSA) is 46.2 Å². The Morgan fingerprint density at radius 2 is 1.83 bits per heavy atom. The predicted molar refractivity (Wildman–Crippen MR) is 77.3 cm³/mol. The molecule has 1 N–H and O–H groups in total. The molecule has 2 rings (SSSR count). The van der Waals surface area contributed by atoms with Crippen molar-refractivity contribution in [2.24, 2.45) is 0 Å². The van der Waals surface area contributed by atoms with Crippen molar-refractivity contribution in [3.05, 3.63) is 34.3 Å². The smallest absolute Gasteiger partial charge is 0.157 e. The van der Waals surface area contributed by atoms with Gasteiger partial charge in [0.2, 0.25) is 0 Å². The van der Waals surface area contributed by atoms with Crippen molar-refractivity contribution in [3.63, 3.8) is 0 Å². The molecule has 18 heavy (non-hydrogen) atoms. The number of nitrogens with one attached hydrogen (secondary N) is 1. The highest BCUT2D eigenvalue weighted by atomic mass is 79.9. The Kier molecular flexibility index (Phi) is 4.14. The number of benzene rings is 1. The molecule has 100 valence electrons. The van der Waals surface area contributed by atoms with Crippen molar-refractivity contribution >= 4 is 25.8 Å². The van der Waals surface area contributed by atoms with E-state index >= 15 is 0 Å². The van der Waals surface area contributed by atoms with Gasteiger partial charge in [-0.3, -0.25) is 0 Å². The Hall–Kier alpha value is -0.390. The summed E-state index contributed by atoms with van der Waals surface area (Å²) in [4.78, 5) is 0. The van der Waals surface area contributed by atoms with Crippen molar-refractivity contribution in [1.29, 1.82) is 0 Å². The van der Waals surface area contributed by atoms with Gasteiger partial charge in [-0.15, -0.1) is 0 Å². The molecule has 1 heterocycles. The summed E-state index contributed by atoms with van der Waals surface area (Å²) in [5.74, 6) is 0. The first-order valence-electron chi connectivity index (χ1n) is 6.14. The van der Waals surface area contributed by atoms with Crippen LogP contribution in [-0.4, -0.2) is 25.5 Å². The minimum absolute atomic E-state index is 0.118. The summed E-state index contributed by atoms with van der Waals surface area (Å²) in [7, 11) is -3.06. The second kappa shape index (κ2) is 5.31. The molecule has 1 aliphatic heterocycles. The number of hydrogen-bond donors (Lipinski definition) is 1. The third-order valence-corrected chi connectivity index (χ3v) is 6.89. The zero-order chi connectivity index (χ0) is 13.3. The molecule has 1 saturated heterocycles. The Balaban J connectivity index is 2.35. The fourth-order valence-electron chi connectivity index (χ4n) is 2.39. The van der Waals surface area contributed by atoms with Gasteiger partial charge in [0.25, 0.3) is 0 Å². The van der Waals surface area contributed by atoms with E-state index in [1.807, 2.05) is 24.3 Å². The predicted octanol–water partition coefficient (Wildman–Crippen LogP) is 2.68. The summed E-state index contributed by atoms with van der Waals surface area (Å²) in [5.41, 5.74) is 1.03. The van der Waals surface area contributed by atoms with Gasteiger partial charge < -0.3 is 5.32 Å². The molecule has 5 heteroatoms. The maximum absolute atomic E-state index is 12.3. The molecule has 0 spiro atoms. The van der Waals surface area contributed by atoms with Gasteiger partial charge in [0.15, 0.2) is 9.84 Å². The van der Waals surface area contributed by atoms with E-state index in [4.69, 9.17) is 0 Å². The SMILES string of the molecule is CC1CCNC(c2ccc(Br)cc2)C(C)S1(=O)=O. The number of hydrogen-bond acceptors (Lipinski definition) is 3. The molecule has 0 aliphatic carbocycles. The van der Waals surface area contributed by atoms with Gasteiger partial charge in [-0.2, -0.15) is 0 Å². The van der Waals surface area contributed by atoms with E-state index in [0.717, 1.165) is 16.6 Å². The number of sulfone groups is 1. The first kappa shape index (κ1) is 14.0. The van der Waals surface area contributed by atoms with Crippen LogP contribution in [0, 0.1) is 0 Å². The Morgan fingerprint density at radius 3 is 2.44 bits per heavy atom. The van der Waals surface area contributed by atoms with Crippen LogP contribution in [-0.2, 0) is 9.84 Å². The normalized spacial score (nSPS) is 31.8. The summed E-state index contributed by atoms with van der Waals surface area (Å²) in [6, 6.07) is 7.73. The maximum Gasteiger partial charge on any atom is 0.157 e. The molecule has 1 aliphatic rings. The third-order valence-electron chi connectivity index (χ3n) is 3.69. The van der Waals surface area contributed by atoms with E-state index in [1.54, 1.807) is 13.8 Å². The van der Waals surface area contributed by atoms with Crippen molar-refractivity contribution in [2.45, 2.75) is 36.8 Å². The summed E-state index contributed by atoms with van der Waals surface area (Å²) in [6.45, 7) is 4.35. The van der Waals surface area contributed by atoms with Gasteiger partial charge in [0, 0.05) is 10.5 Å². The second-order valence-electron chi connectivity index (χ2n) is 4.88. The van der Waals surface area contributed by atoms with Crippen molar-refractivity contribution in [2.75, 3.05) is 6.54 Å². The monoisotopic (exact) mass is 331 g/mol. The van der Waals surface area contributed by atoms with Crippen LogP contribution in [0.25, 0.3) is 0 Å². The van der Waals surface area contributed by atoms with Crippen LogP contribution in [0.15, 0.2) is 28.7 Å². The lowest BCUT2D eigenvalue weighted by Gasteiger charge is -2.23. The van der Waals surface area contributed by atoms with Crippen LogP contribution in [0.1, 0.15) is 31.9 Å². The molecule has 3 nitrogen and oxygen atoms in total. The molecule has 0 radical (unpaired) electrons. The van der Waals surface area contributed by atoms with Crippen molar-refractivity contribution < 1.29 is 8.42 Å². The lowest BCUT2D eigenvalue weighted by atomic mass is 10.0. The molecular weight excluding hydrogens is 314 g/mol. The maximum atomic E-state index is 12.3. The highest BCUT2D eigenvalue weighted by Crippen LogP contribution is 2.29. The Morgan fingerprint density at radius 1 is 1.22 bits per heavy atom. The average Bonchev–Trinajstić information content (AvgIpc) is 2.43. The zero-order valence-corrected chi connectivity index (χ0v) is 13.0. The van der Waals surface area contributed by atoms with Crippen LogP contribution in [0.4, 0.5) is 0 Å². The van der Waals surface area contributed by atoms with Crippen LogP contribution < -0.4 is 5.32 Å². The van der Waals surface area contributed by atoms with Crippen LogP contribution in [0.5, 0.6) is 0 Å². The number of halogens is 1. The van der Waals surface area contributed by atoms with E-state index in [-0.39, 0.29) is 11.3 Å². The standard InChI is InChI=1S/C13H18BrNO2S/c1-9-7-8-15-13(10(2)18(9,16)17)11-3-5-12(14)6-4-11/h3-6,9-10,13,15H,7-8H2,1-2H3. The zero-order valence-electron chi connectivity index (χ0n) is 10.6. The summed E-state index contributed by atoms with van der Waals surface area (Å²) >= 11 is 3.39. The Labute approximate surface area is 117 Å². The number of rotatable bonds is 1. The molecule has 0 aromatic heterocycles. The molecule has 0 bridgehead atoms. The first-order chi connectivity index (χ1) is 8.43. The van der Waals surface area contributed by atoms with E-state index < -0.39 is 15.1 Å². The molecule has 3 unspecified atom stereocenters. The minimum atomic E-state index is -3.06. The lowest BCUT2D eigenvalue weighted by Crippen LogP contribution is -2.34. The molecule has 3 atom stereocenters. The highest BCUT2D eigenvalue weighted by molar-refractivity contribution is 9.10. The van der Waals surface area contributed by atoms with Crippen LogP contribution in [0.2, 0.25) is 0 Å². The average molecular weight is 332 g/mol. The molecule has 1 fully saturated rings. The first-order valence-corrected chi connectivity index (χ1v) is 8.54. The lowest BCUT2D eigenvalue weighted by molar-refractivity contribution is 0.520. The van der Waals surface area contributed by atoms with Crippen molar-refractivity contribution in [1.82, 2.24) is 5.32 Å². The quantitative estimate of drug-likeness (QED) is 0.860. The van der Waals surface area contributed by atoms with Crippen LogP contribution >= 0.6 is 15.9 Å². The van der Waals surface area contributed by atoms with Gasteiger partial charge in [0.05, 0.1) is 10.5 Å². The van der Waals surface area contributed by atoms with Gasteiger partial charge in [-0.1, -0.05) is 28.1 Å². The molecule has 1 aromatic carbocycles. The Bertz CT molecular complexity index is 512. The summed E-state index contributed by atoms with van der Waals surface area (Å²) < 4.78 is 25.7.